The molecule has 0 aromatic carbocycles. The van der Waals surface area contributed by atoms with Gasteiger partial charge in [-0.1, -0.05) is 30.9 Å². The molecule has 1 aromatic rings. The molecule has 94 valence electrons. The molecule has 1 saturated carbocycles. The van der Waals surface area contributed by atoms with Gasteiger partial charge in [-0.3, -0.25) is 0 Å². The number of hydrogen-bond donors (Lipinski definition) is 2. The lowest BCUT2D eigenvalue weighted by atomic mass is 9.81. The highest BCUT2D eigenvalue weighted by molar-refractivity contribution is 9.10. The van der Waals surface area contributed by atoms with E-state index < -0.39 is 0 Å². The number of rotatable bonds is 3. The van der Waals surface area contributed by atoms with Gasteiger partial charge in [0.05, 0.1) is 10.6 Å². The molecule has 5 heteroatoms. The van der Waals surface area contributed by atoms with E-state index in [0.29, 0.717) is 11.6 Å². The summed E-state index contributed by atoms with van der Waals surface area (Å²) >= 11 is 9.52. The van der Waals surface area contributed by atoms with Gasteiger partial charge in [-0.15, -0.1) is 0 Å². The van der Waals surface area contributed by atoms with Crippen LogP contribution in [0.25, 0.3) is 0 Å². The van der Waals surface area contributed by atoms with Crippen molar-refractivity contribution in [2.45, 2.75) is 37.6 Å². The first kappa shape index (κ1) is 13.1. The summed E-state index contributed by atoms with van der Waals surface area (Å²) in [5.41, 5.74) is 5.90. The summed E-state index contributed by atoms with van der Waals surface area (Å²) in [5.74, 6) is 0.738. The van der Waals surface area contributed by atoms with E-state index in [4.69, 9.17) is 17.3 Å². The van der Waals surface area contributed by atoms with Gasteiger partial charge in [0, 0.05) is 17.2 Å². The minimum atomic E-state index is -0.0251. The zero-order chi connectivity index (χ0) is 12.3. The Morgan fingerprint density at radius 2 is 2.12 bits per heavy atom. The van der Waals surface area contributed by atoms with E-state index in [0.717, 1.165) is 23.1 Å². The van der Waals surface area contributed by atoms with Gasteiger partial charge in [-0.05, 0) is 34.8 Å². The maximum absolute atomic E-state index is 6.17. The van der Waals surface area contributed by atoms with E-state index in [1.807, 2.05) is 6.07 Å². The Labute approximate surface area is 115 Å². The maximum atomic E-state index is 6.17. The normalized spacial score (nSPS) is 19.0. The lowest BCUT2D eigenvalue weighted by molar-refractivity contribution is 0.330. The van der Waals surface area contributed by atoms with Gasteiger partial charge in [0.25, 0.3) is 0 Å². The van der Waals surface area contributed by atoms with Crippen LogP contribution in [0.1, 0.15) is 32.1 Å². The molecule has 1 aliphatic carbocycles. The largest absolute Gasteiger partial charge is 0.362 e. The molecule has 0 amide bonds. The topological polar surface area (TPSA) is 50.9 Å². The van der Waals surface area contributed by atoms with Crippen LogP contribution >= 0.6 is 27.5 Å². The minimum absolute atomic E-state index is 0.0251. The summed E-state index contributed by atoms with van der Waals surface area (Å²) < 4.78 is 0.887. The molecule has 17 heavy (non-hydrogen) atoms. The van der Waals surface area contributed by atoms with Crippen LogP contribution in [-0.2, 0) is 0 Å². The van der Waals surface area contributed by atoms with Gasteiger partial charge >= 0.3 is 0 Å². The van der Waals surface area contributed by atoms with Gasteiger partial charge in [0.2, 0.25) is 0 Å². The molecule has 1 fully saturated rings. The number of nitrogens with two attached hydrogens (primary N) is 1. The van der Waals surface area contributed by atoms with Crippen molar-refractivity contribution in [1.29, 1.82) is 0 Å². The quantitative estimate of drug-likeness (QED) is 0.896. The number of anilines is 1. The molecule has 2 rings (SSSR count). The van der Waals surface area contributed by atoms with Crippen LogP contribution in [0.2, 0.25) is 5.02 Å². The van der Waals surface area contributed by atoms with Crippen molar-refractivity contribution >= 4 is 33.3 Å². The maximum Gasteiger partial charge on any atom is 0.145 e. The Hall–Kier alpha value is -0.320. The highest BCUT2D eigenvalue weighted by Crippen LogP contribution is 2.33. The van der Waals surface area contributed by atoms with E-state index in [2.05, 4.69) is 26.2 Å². The highest BCUT2D eigenvalue weighted by atomic mass is 79.9. The second kappa shape index (κ2) is 5.55. The summed E-state index contributed by atoms with van der Waals surface area (Å²) in [5, 5.41) is 4.09. The Kier molecular flexibility index (Phi) is 4.28. The molecule has 3 N–H and O–H groups in total. The standard InChI is InChI=1S/C12H17BrClN3/c13-9-6-10(14)11(16-7-9)17-12(8-15)4-2-1-3-5-12/h6-7H,1-5,8,15H2,(H,16,17). The lowest BCUT2D eigenvalue weighted by Crippen LogP contribution is -2.47. The number of pyridine rings is 1. The minimum Gasteiger partial charge on any atom is -0.362 e. The third kappa shape index (κ3) is 3.12. The van der Waals surface area contributed by atoms with E-state index in [-0.39, 0.29) is 5.54 Å². The van der Waals surface area contributed by atoms with Crippen molar-refractivity contribution in [3.05, 3.63) is 21.8 Å². The predicted molar refractivity (Wildman–Crippen MR) is 75.4 cm³/mol. The molecule has 1 aromatic heterocycles. The Bertz CT molecular complexity index is 391. The second-order valence-corrected chi connectivity index (χ2v) is 5.98. The van der Waals surface area contributed by atoms with E-state index in [9.17, 15) is 0 Å². The fraction of sp³-hybridized carbons (Fsp3) is 0.583. The molecule has 0 saturated heterocycles. The number of nitrogens with one attached hydrogen (secondary N) is 1. The molecule has 1 aliphatic rings. The first-order valence-corrected chi connectivity index (χ1v) is 7.12. The molecule has 0 aliphatic heterocycles. The van der Waals surface area contributed by atoms with Gasteiger partial charge in [0.15, 0.2) is 0 Å². The van der Waals surface area contributed by atoms with Gasteiger partial charge in [-0.2, -0.15) is 0 Å². The van der Waals surface area contributed by atoms with Gasteiger partial charge in [-0.25, -0.2) is 4.98 Å². The van der Waals surface area contributed by atoms with Crippen molar-refractivity contribution in [2.75, 3.05) is 11.9 Å². The van der Waals surface area contributed by atoms with Crippen LogP contribution < -0.4 is 11.1 Å². The van der Waals surface area contributed by atoms with Gasteiger partial charge in [0.1, 0.15) is 5.82 Å². The van der Waals surface area contributed by atoms with Crippen LogP contribution in [-0.4, -0.2) is 17.1 Å². The molecule has 0 unspecified atom stereocenters. The van der Waals surface area contributed by atoms with Crippen molar-refractivity contribution < 1.29 is 0 Å². The molecule has 0 radical (unpaired) electrons. The van der Waals surface area contributed by atoms with Crippen molar-refractivity contribution in [3.63, 3.8) is 0 Å². The first-order chi connectivity index (χ1) is 8.15. The first-order valence-electron chi connectivity index (χ1n) is 5.94. The predicted octanol–water partition coefficient (Wildman–Crippen LogP) is 3.57. The zero-order valence-electron chi connectivity index (χ0n) is 9.68. The number of hydrogen-bond acceptors (Lipinski definition) is 3. The van der Waals surface area contributed by atoms with E-state index in [1.165, 1.54) is 19.3 Å². The zero-order valence-corrected chi connectivity index (χ0v) is 12.0. The van der Waals surface area contributed by atoms with Crippen molar-refractivity contribution in [2.24, 2.45) is 5.73 Å². The van der Waals surface area contributed by atoms with E-state index >= 15 is 0 Å². The number of nitrogens with zero attached hydrogens (tertiary/aromatic N) is 1. The summed E-state index contributed by atoms with van der Waals surface area (Å²) in [6.07, 6.45) is 7.68. The van der Waals surface area contributed by atoms with Crippen LogP contribution in [0.5, 0.6) is 0 Å². The monoisotopic (exact) mass is 317 g/mol. The Balaban J connectivity index is 2.17. The summed E-state index contributed by atoms with van der Waals surface area (Å²) in [4.78, 5) is 4.32. The lowest BCUT2D eigenvalue weighted by Gasteiger charge is -2.37. The highest BCUT2D eigenvalue weighted by Gasteiger charge is 2.31. The Morgan fingerprint density at radius 3 is 2.71 bits per heavy atom. The summed E-state index contributed by atoms with van der Waals surface area (Å²) in [6.45, 7) is 0.626. The van der Waals surface area contributed by atoms with Crippen molar-refractivity contribution in [3.8, 4) is 0 Å². The fourth-order valence-corrected chi connectivity index (χ4v) is 3.04. The summed E-state index contributed by atoms with van der Waals surface area (Å²) in [7, 11) is 0. The third-order valence-corrected chi connectivity index (χ3v) is 4.11. The molecule has 0 atom stereocenters. The summed E-state index contributed by atoms with van der Waals surface area (Å²) in [6, 6.07) is 1.85. The molecular weight excluding hydrogens is 302 g/mol. The third-order valence-electron chi connectivity index (χ3n) is 3.39. The van der Waals surface area contributed by atoms with Crippen molar-refractivity contribution in [1.82, 2.24) is 4.98 Å². The average Bonchev–Trinajstić information content (AvgIpc) is 2.34. The smallest absolute Gasteiger partial charge is 0.145 e. The molecule has 1 heterocycles. The Morgan fingerprint density at radius 1 is 1.41 bits per heavy atom. The van der Waals surface area contributed by atoms with Gasteiger partial charge < -0.3 is 11.1 Å². The molecule has 0 spiro atoms. The number of halogens is 2. The van der Waals surface area contributed by atoms with Crippen LogP contribution in [0.15, 0.2) is 16.7 Å². The molecule has 0 bridgehead atoms. The fourth-order valence-electron chi connectivity index (χ4n) is 2.37. The second-order valence-electron chi connectivity index (χ2n) is 4.65. The molecule has 3 nitrogen and oxygen atoms in total. The van der Waals surface area contributed by atoms with Crippen LogP contribution in [0, 0.1) is 0 Å². The number of aromatic nitrogens is 1. The van der Waals surface area contributed by atoms with E-state index in [1.54, 1.807) is 6.20 Å². The SMILES string of the molecule is NCC1(Nc2ncc(Br)cc2Cl)CCCCC1. The average molecular weight is 319 g/mol. The molecular formula is C12H17BrClN3. The van der Waals surface area contributed by atoms with Crippen LogP contribution in [0.4, 0.5) is 5.82 Å². The van der Waals surface area contributed by atoms with Crippen LogP contribution in [0.3, 0.4) is 0 Å².